The second-order valence-corrected chi connectivity index (χ2v) is 3.42. The summed E-state index contributed by atoms with van der Waals surface area (Å²) in [5.41, 5.74) is 0.866. The van der Waals surface area contributed by atoms with Gasteiger partial charge in [-0.3, -0.25) is 4.84 Å². The van der Waals surface area contributed by atoms with E-state index in [1.807, 2.05) is 30.3 Å². The Morgan fingerprint density at radius 3 is 2.47 bits per heavy atom. The zero-order valence-corrected chi connectivity index (χ0v) is 7.87. The monoisotopic (exact) mass is 217 g/mol. The number of nitrogens with zero attached hydrogens (tertiary/aromatic N) is 1. The standard InChI is InChI=1S/C10H10F3NO/c11-10(12,13)9-6-14(9)15-7-8-4-2-1-3-5-8/h1-5,9H,6-7H2. The fourth-order valence-corrected chi connectivity index (χ4v) is 1.26. The van der Waals surface area contributed by atoms with Crippen LogP contribution in [0.1, 0.15) is 5.56 Å². The van der Waals surface area contributed by atoms with Crippen LogP contribution in [-0.2, 0) is 11.4 Å². The molecule has 1 heterocycles. The first-order valence-corrected chi connectivity index (χ1v) is 4.57. The van der Waals surface area contributed by atoms with Gasteiger partial charge >= 0.3 is 6.18 Å². The van der Waals surface area contributed by atoms with Crippen LogP contribution in [0.25, 0.3) is 0 Å². The lowest BCUT2D eigenvalue weighted by Crippen LogP contribution is -2.21. The molecule has 0 amide bonds. The van der Waals surface area contributed by atoms with Gasteiger partial charge in [0.15, 0.2) is 0 Å². The van der Waals surface area contributed by atoms with Gasteiger partial charge in [0.05, 0.1) is 13.2 Å². The van der Waals surface area contributed by atoms with Crippen LogP contribution in [0.4, 0.5) is 13.2 Å². The fourth-order valence-electron chi connectivity index (χ4n) is 1.26. The van der Waals surface area contributed by atoms with E-state index in [1.54, 1.807) is 0 Å². The van der Waals surface area contributed by atoms with Crippen molar-refractivity contribution in [2.24, 2.45) is 0 Å². The Kier molecular flexibility index (Phi) is 2.67. The van der Waals surface area contributed by atoms with Gasteiger partial charge in [-0.25, -0.2) is 0 Å². The first-order chi connectivity index (χ1) is 7.07. The summed E-state index contributed by atoms with van der Waals surface area (Å²) >= 11 is 0. The molecule has 0 aliphatic carbocycles. The van der Waals surface area contributed by atoms with Gasteiger partial charge < -0.3 is 0 Å². The number of alkyl halides is 3. The Balaban J connectivity index is 1.78. The molecule has 1 aromatic rings. The lowest BCUT2D eigenvalue weighted by molar-refractivity contribution is -0.181. The number of benzene rings is 1. The zero-order valence-electron chi connectivity index (χ0n) is 7.87. The molecule has 2 unspecified atom stereocenters. The number of halogens is 3. The van der Waals surface area contributed by atoms with Crippen molar-refractivity contribution in [2.75, 3.05) is 6.54 Å². The highest BCUT2D eigenvalue weighted by Crippen LogP contribution is 2.35. The number of rotatable bonds is 3. The second-order valence-electron chi connectivity index (χ2n) is 3.42. The van der Waals surface area contributed by atoms with Crippen molar-refractivity contribution in [3.63, 3.8) is 0 Å². The third-order valence-corrected chi connectivity index (χ3v) is 2.18. The van der Waals surface area contributed by atoms with Crippen molar-refractivity contribution < 1.29 is 18.0 Å². The molecule has 2 atom stereocenters. The smallest absolute Gasteiger partial charge is 0.294 e. The summed E-state index contributed by atoms with van der Waals surface area (Å²) < 4.78 is 36.3. The predicted octanol–water partition coefficient (Wildman–Crippen LogP) is 2.36. The third-order valence-electron chi connectivity index (χ3n) is 2.18. The third kappa shape index (κ3) is 2.70. The first kappa shape index (κ1) is 10.4. The van der Waals surface area contributed by atoms with E-state index >= 15 is 0 Å². The van der Waals surface area contributed by atoms with E-state index in [4.69, 9.17) is 4.84 Å². The summed E-state index contributed by atoms with van der Waals surface area (Å²) in [6.45, 7) is 0.129. The van der Waals surface area contributed by atoms with Crippen LogP contribution in [0.3, 0.4) is 0 Å². The number of hydrogen-bond acceptors (Lipinski definition) is 2. The molecule has 0 bridgehead atoms. The average Bonchev–Trinajstić information content (AvgIpc) is 2.95. The molecule has 2 rings (SSSR count). The van der Waals surface area contributed by atoms with Gasteiger partial charge in [-0.15, -0.1) is 0 Å². The van der Waals surface area contributed by atoms with Crippen LogP contribution in [0.2, 0.25) is 0 Å². The van der Waals surface area contributed by atoms with Crippen LogP contribution in [0.15, 0.2) is 30.3 Å². The minimum absolute atomic E-state index is 0.0592. The van der Waals surface area contributed by atoms with Crippen LogP contribution in [0, 0.1) is 0 Å². The van der Waals surface area contributed by atoms with Crippen molar-refractivity contribution in [3.8, 4) is 0 Å². The topological polar surface area (TPSA) is 12.2 Å². The number of hydrogen-bond donors (Lipinski definition) is 0. The van der Waals surface area contributed by atoms with Gasteiger partial charge in [-0.05, 0) is 5.56 Å². The molecule has 0 radical (unpaired) electrons. The Morgan fingerprint density at radius 1 is 1.27 bits per heavy atom. The molecular formula is C10H10F3NO. The molecule has 1 aliphatic heterocycles. The van der Waals surface area contributed by atoms with Gasteiger partial charge in [0.2, 0.25) is 0 Å². The largest absolute Gasteiger partial charge is 0.407 e. The van der Waals surface area contributed by atoms with E-state index < -0.39 is 12.2 Å². The molecule has 5 heteroatoms. The van der Waals surface area contributed by atoms with Crippen LogP contribution >= 0.6 is 0 Å². The van der Waals surface area contributed by atoms with Gasteiger partial charge in [0, 0.05) is 0 Å². The number of hydroxylamine groups is 2. The summed E-state index contributed by atoms with van der Waals surface area (Å²) in [4.78, 5) is 4.99. The summed E-state index contributed by atoms with van der Waals surface area (Å²) in [5.74, 6) is 0. The molecular weight excluding hydrogens is 207 g/mol. The Labute approximate surface area is 85.2 Å². The van der Waals surface area contributed by atoms with Crippen molar-refractivity contribution in [1.82, 2.24) is 5.06 Å². The minimum atomic E-state index is -4.17. The average molecular weight is 217 g/mol. The Hall–Kier alpha value is -1.07. The summed E-state index contributed by atoms with van der Waals surface area (Å²) in [5, 5.41) is 0.951. The van der Waals surface area contributed by atoms with Gasteiger partial charge in [0.1, 0.15) is 6.04 Å². The summed E-state index contributed by atoms with van der Waals surface area (Å²) in [7, 11) is 0. The first-order valence-electron chi connectivity index (χ1n) is 4.57. The lowest BCUT2D eigenvalue weighted by Gasteiger charge is -2.07. The van der Waals surface area contributed by atoms with Gasteiger partial charge in [-0.1, -0.05) is 30.3 Å². The van der Waals surface area contributed by atoms with E-state index in [2.05, 4.69) is 0 Å². The van der Waals surface area contributed by atoms with Crippen LogP contribution in [-0.4, -0.2) is 23.8 Å². The van der Waals surface area contributed by atoms with Crippen molar-refractivity contribution in [2.45, 2.75) is 18.8 Å². The molecule has 0 saturated carbocycles. The fraction of sp³-hybridized carbons (Fsp3) is 0.400. The quantitative estimate of drug-likeness (QED) is 0.720. The molecule has 82 valence electrons. The van der Waals surface area contributed by atoms with Crippen molar-refractivity contribution >= 4 is 0 Å². The van der Waals surface area contributed by atoms with Crippen LogP contribution in [0.5, 0.6) is 0 Å². The normalized spacial score (nSPS) is 25.3. The highest BCUT2D eigenvalue weighted by atomic mass is 19.4. The Bertz CT molecular complexity index is 325. The lowest BCUT2D eigenvalue weighted by atomic mass is 10.2. The van der Waals surface area contributed by atoms with Crippen molar-refractivity contribution in [1.29, 1.82) is 0 Å². The van der Waals surface area contributed by atoms with Crippen LogP contribution < -0.4 is 0 Å². The van der Waals surface area contributed by atoms with E-state index in [9.17, 15) is 13.2 Å². The molecule has 1 fully saturated rings. The maximum atomic E-state index is 12.1. The summed E-state index contributed by atoms with van der Waals surface area (Å²) in [6.07, 6.45) is -4.17. The highest BCUT2D eigenvalue weighted by Gasteiger charge is 2.55. The van der Waals surface area contributed by atoms with Crippen molar-refractivity contribution in [3.05, 3.63) is 35.9 Å². The zero-order chi connectivity index (χ0) is 10.9. The molecule has 1 aliphatic rings. The SMILES string of the molecule is FC(F)(F)C1CN1OCc1ccccc1. The van der Waals surface area contributed by atoms with Gasteiger partial charge in [0.25, 0.3) is 0 Å². The molecule has 0 spiro atoms. The van der Waals surface area contributed by atoms with E-state index in [0.29, 0.717) is 0 Å². The molecule has 2 nitrogen and oxygen atoms in total. The Morgan fingerprint density at radius 2 is 1.93 bits per heavy atom. The van der Waals surface area contributed by atoms with E-state index in [0.717, 1.165) is 10.6 Å². The van der Waals surface area contributed by atoms with E-state index in [-0.39, 0.29) is 13.2 Å². The molecule has 15 heavy (non-hydrogen) atoms. The van der Waals surface area contributed by atoms with Gasteiger partial charge in [-0.2, -0.15) is 18.2 Å². The highest BCUT2D eigenvalue weighted by molar-refractivity contribution is 5.13. The van der Waals surface area contributed by atoms with E-state index in [1.165, 1.54) is 0 Å². The maximum absolute atomic E-state index is 12.1. The second kappa shape index (κ2) is 3.83. The summed E-state index contributed by atoms with van der Waals surface area (Å²) in [6, 6.07) is 7.70. The molecule has 0 N–H and O–H groups in total. The molecule has 1 aromatic carbocycles. The minimum Gasteiger partial charge on any atom is -0.294 e. The predicted molar refractivity (Wildman–Crippen MR) is 47.8 cm³/mol. The maximum Gasteiger partial charge on any atom is 0.407 e. The molecule has 1 saturated heterocycles. The molecule has 0 aromatic heterocycles.